The van der Waals surface area contributed by atoms with Crippen molar-refractivity contribution in [2.24, 2.45) is 5.92 Å². The molecule has 6 heteroatoms. The number of aromatic nitrogens is 1. The first kappa shape index (κ1) is 21.7. The van der Waals surface area contributed by atoms with Gasteiger partial charge < -0.3 is 10.1 Å². The van der Waals surface area contributed by atoms with Crippen molar-refractivity contribution in [1.29, 1.82) is 0 Å². The predicted octanol–water partition coefficient (Wildman–Crippen LogP) is 2.83. The number of likely N-dealkylation sites (tertiary alicyclic amines) is 2. The van der Waals surface area contributed by atoms with Crippen LogP contribution in [0.1, 0.15) is 56.9 Å². The van der Waals surface area contributed by atoms with Crippen molar-refractivity contribution < 1.29 is 9.53 Å². The average molecular weight is 415 g/mol. The number of nitrogens with one attached hydrogen (secondary N) is 1. The Morgan fingerprint density at radius 2 is 2.00 bits per heavy atom. The number of hydrogen-bond acceptors (Lipinski definition) is 5. The van der Waals surface area contributed by atoms with Crippen LogP contribution in [0.5, 0.6) is 0 Å². The second-order valence-corrected chi connectivity index (χ2v) is 9.61. The second-order valence-electron chi connectivity index (χ2n) is 9.61. The molecule has 6 nitrogen and oxygen atoms in total. The summed E-state index contributed by atoms with van der Waals surface area (Å²) in [4.78, 5) is 22.5. The van der Waals surface area contributed by atoms with Gasteiger partial charge in [-0.1, -0.05) is 18.9 Å². The van der Waals surface area contributed by atoms with Crippen LogP contribution < -0.4 is 5.32 Å². The van der Waals surface area contributed by atoms with E-state index in [1.54, 1.807) is 7.11 Å². The fourth-order valence-corrected chi connectivity index (χ4v) is 5.74. The SMILES string of the molecule is COCC1(NC(=O)[C@@H]2CCCN(C3CCN(Cc4cccnc4)CC3)C2)CCCC1. The van der Waals surface area contributed by atoms with Gasteiger partial charge in [-0.05, 0) is 69.8 Å². The molecule has 1 atom stereocenters. The molecule has 3 heterocycles. The third-order valence-electron chi connectivity index (χ3n) is 7.40. The Bertz CT molecular complexity index is 669. The van der Waals surface area contributed by atoms with Crippen molar-refractivity contribution in [3.63, 3.8) is 0 Å². The molecule has 1 aromatic rings. The zero-order valence-corrected chi connectivity index (χ0v) is 18.5. The Labute approximate surface area is 181 Å². The smallest absolute Gasteiger partial charge is 0.224 e. The van der Waals surface area contributed by atoms with E-state index in [-0.39, 0.29) is 17.4 Å². The molecule has 0 aromatic carbocycles. The second kappa shape index (κ2) is 10.2. The van der Waals surface area contributed by atoms with Gasteiger partial charge in [-0.2, -0.15) is 0 Å². The summed E-state index contributed by atoms with van der Waals surface area (Å²) >= 11 is 0. The number of carbonyl (C=O) groups is 1. The van der Waals surface area contributed by atoms with Crippen molar-refractivity contribution in [3.8, 4) is 0 Å². The first-order valence-electron chi connectivity index (χ1n) is 11.8. The zero-order chi connectivity index (χ0) is 20.8. The molecule has 1 amide bonds. The van der Waals surface area contributed by atoms with Crippen LogP contribution >= 0.6 is 0 Å². The lowest BCUT2D eigenvalue weighted by molar-refractivity contribution is -0.130. The van der Waals surface area contributed by atoms with Crippen LogP contribution in [0.15, 0.2) is 24.5 Å². The summed E-state index contributed by atoms with van der Waals surface area (Å²) in [6.45, 7) is 5.95. The molecule has 1 N–H and O–H groups in total. The highest BCUT2D eigenvalue weighted by Crippen LogP contribution is 2.31. The number of nitrogens with zero attached hydrogens (tertiary/aromatic N) is 3. The van der Waals surface area contributed by atoms with Gasteiger partial charge in [0, 0.05) is 38.6 Å². The van der Waals surface area contributed by atoms with E-state index in [4.69, 9.17) is 4.74 Å². The largest absolute Gasteiger partial charge is 0.382 e. The summed E-state index contributed by atoms with van der Waals surface area (Å²) in [5, 5.41) is 3.42. The highest BCUT2D eigenvalue weighted by molar-refractivity contribution is 5.79. The van der Waals surface area contributed by atoms with Crippen LogP contribution in [0.25, 0.3) is 0 Å². The molecule has 3 fully saturated rings. The number of pyridine rings is 1. The highest BCUT2D eigenvalue weighted by Gasteiger charge is 2.38. The van der Waals surface area contributed by atoms with E-state index in [0.717, 1.165) is 58.4 Å². The molecule has 1 saturated carbocycles. The van der Waals surface area contributed by atoms with Crippen LogP contribution in [0.4, 0.5) is 0 Å². The number of amides is 1. The summed E-state index contributed by atoms with van der Waals surface area (Å²) in [6.07, 6.45) is 12.8. The van der Waals surface area contributed by atoms with Crippen molar-refractivity contribution in [3.05, 3.63) is 30.1 Å². The number of hydrogen-bond donors (Lipinski definition) is 1. The van der Waals surface area contributed by atoms with Gasteiger partial charge in [-0.3, -0.25) is 19.6 Å². The fraction of sp³-hybridized carbons (Fsp3) is 0.750. The molecule has 30 heavy (non-hydrogen) atoms. The van der Waals surface area contributed by atoms with Crippen LogP contribution in [-0.4, -0.2) is 72.2 Å². The number of methoxy groups -OCH3 is 1. The average Bonchev–Trinajstić information content (AvgIpc) is 3.23. The Morgan fingerprint density at radius 3 is 2.70 bits per heavy atom. The monoisotopic (exact) mass is 414 g/mol. The number of carbonyl (C=O) groups excluding carboxylic acids is 1. The molecule has 4 rings (SSSR count). The standard InChI is InChI=1S/C24H38N4O2/c1-30-19-24(10-2-3-11-24)26-23(29)21-7-5-13-28(18-21)22-8-14-27(15-9-22)17-20-6-4-12-25-16-20/h4,6,12,16,21-22H,2-3,5,7-11,13-15,17-19H2,1H3,(H,26,29)/t21-/m1/s1. The molecule has 1 aromatic heterocycles. The Balaban J connectivity index is 1.26. The van der Waals surface area contributed by atoms with Gasteiger partial charge in [-0.25, -0.2) is 0 Å². The summed E-state index contributed by atoms with van der Waals surface area (Å²) < 4.78 is 5.45. The molecule has 1 aliphatic carbocycles. The number of ether oxygens (including phenoxy) is 1. The minimum Gasteiger partial charge on any atom is -0.382 e. The minimum absolute atomic E-state index is 0.119. The summed E-state index contributed by atoms with van der Waals surface area (Å²) in [5.74, 6) is 0.383. The van der Waals surface area contributed by atoms with E-state index in [0.29, 0.717) is 12.6 Å². The molecule has 166 valence electrons. The molecule has 2 aliphatic heterocycles. The van der Waals surface area contributed by atoms with Crippen LogP contribution in [0, 0.1) is 5.92 Å². The molecule has 2 saturated heterocycles. The molecule has 0 bridgehead atoms. The summed E-state index contributed by atoms with van der Waals surface area (Å²) in [6, 6.07) is 4.79. The van der Waals surface area contributed by atoms with Gasteiger partial charge in [0.05, 0.1) is 18.1 Å². The first-order chi connectivity index (χ1) is 14.7. The van der Waals surface area contributed by atoms with E-state index >= 15 is 0 Å². The van der Waals surface area contributed by atoms with Crippen molar-refractivity contribution in [2.45, 2.75) is 69.5 Å². The van der Waals surface area contributed by atoms with Crippen LogP contribution in [0.2, 0.25) is 0 Å². The van der Waals surface area contributed by atoms with E-state index in [1.165, 1.54) is 31.2 Å². The molecular formula is C24H38N4O2. The van der Waals surface area contributed by atoms with Gasteiger partial charge in [0.25, 0.3) is 0 Å². The third-order valence-corrected chi connectivity index (χ3v) is 7.40. The lowest BCUT2D eigenvalue weighted by atomic mass is 9.91. The molecule has 0 radical (unpaired) electrons. The lowest BCUT2D eigenvalue weighted by Crippen LogP contribution is -2.55. The van der Waals surface area contributed by atoms with E-state index in [9.17, 15) is 4.79 Å². The van der Waals surface area contributed by atoms with Gasteiger partial charge in [-0.15, -0.1) is 0 Å². The fourth-order valence-electron chi connectivity index (χ4n) is 5.74. The quantitative estimate of drug-likeness (QED) is 0.744. The summed E-state index contributed by atoms with van der Waals surface area (Å²) in [7, 11) is 1.75. The maximum atomic E-state index is 13.1. The maximum absolute atomic E-state index is 13.1. The zero-order valence-electron chi connectivity index (χ0n) is 18.5. The van der Waals surface area contributed by atoms with Gasteiger partial charge >= 0.3 is 0 Å². The van der Waals surface area contributed by atoms with Crippen LogP contribution in [0.3, 0.4) is 0 Å². The molecular weight excluding hydrogens is 376 g/mol. The third kappa shape index (κ3) is 5.40. The van der Waals surface area contributed by atoms with Gasteiger partial charge in [0.1, 0.15) is 0 Å². The van der Waals surface area contributed by atoms with Crippen molar-refractivity contribution >= 4 is 5.91 Å². The minimum atomic E-state index is -0.119. The Morgan fingerprint density at radius 1 is 1.20 bits per heavy atom. The molecule has 3 aliphatic rings. The van der Waals surface area contributed by atoms with E-state index < -0.39 is 0 Å². The number of piperidine rings is 2. The van der Waals surface area contributed by atoms with E-state index in [2.05, 4.69) is 26.2 Å². The predicted molar refractivity (Wildman–Crippen MR) is 118 cm³/mol. The van der Waals surface area contributed by atoms with Crippen LogP contribution in [-0.2, 0) is 16.1 Å². The lowest BCUT2D eigenvalue weighted by Gasteiger charge is -2.42. The summed E-state index contributed by atoms with van der Waals surface area (Å²) in [5.41, 5.74) is 1.17. The highest BCUT2D eigenvalue weighted by atomic mass is 16.5. The van der Waals surface area contributed by atoms with Crippen molar-refractivity contribution in [1.82, 2.24) is 20.1 Å². The Hall–Kier alpha value is -1.50. The van der Waals surface area contributed by atoms with E-state index in [1.807, 2.05) is 18.5 Å². The maximum Gasteiger partial charge on any atom is 0.224 e. The van der Waals surface area contributed by atoms with Crippen molar-refractivity contribution in [2.75, 3.05) is 39.9 Å². The molecule has 0 unspecified atom stereocenters. The Kier molecular flexibility index (Phi) is 7.39. The molecule has 0 spiro atoms. The topological polar surface area (TPSA) is 57.7 Å². The normalized spacial score (nSPS) is 26.0. The van der Waals surface area contributed by atoms with Gasteiger partial charge in [0.15, 0.2) is 0 Å². The first-order valence-corrected chi connectivity index (χ1v) is 11.8. The number of rotatable bonds is 7. The van der Waals surface area contributed by atoms with Gasteiger partial charge in [0.2, 0.25) is 5.91 Å².